The van der Waals surface area contributed by atoms with Crippen molar-refractivity contribution < 1.29 is 24.6 Å². The van der Waals surface area contributed by atoms with Crippen LogP contribution in [0, 0.1) is 0 Å². The molecule has 6 N–H and O–H groups in total. The Morgan fingerprint density at radius 2 is 1.95 bits per heavy atom. The molecule has 0 aliphatic heterocycles. The van der Waals surface area contributed by atoms with Gasteiger partial charge in [0, 0.05) is 18.8 Å². The number of hydrogen-bond acceptors (Lipinski definition) is 5. The van der Waals surface area contributed by atoms with E-state index in [2.05, 4.69) is 4.98 Å². The highest BCUT2D eigenvalue weighted by atomic mass is 16.4. The van der Waals surface area contributed by atoms with Crippen molar-refractivity contribution in [1.29, 1.82) is 0 Å². The van der Waals surface area contributed by atoms with Crippen LogP contribution >= 0.6 is 0 Å². The number of nitrogens with zero attached hydrogens (tertiary/aromatic N) is 1. The summed E-state index contributed by atoms with van der Waals surface area (Å²) in [5.41, 5.74) is 10.0. The summed E-state index contributed by atoms with van der Waals surface area (Å²) in [4.78, 5) is 33.9. The molecule has 0 unspecified atom stereocenters. The molecule has 0 aliphatic carbocycles. The van der Waals surface area contributed by atoms with E-state index in [-0.39, 0.29) is 18.4 Å². The normalized spacial score (nSPS) is 10.8. The number of carboxylic acids is 2. The largest absolute Gasteiger partial charge is 0.480 e. The van der Waals surface area contributed by atoms with Gasteiger partial charge in [-0.1, -0.05) is 0 Å². The topological polar surface area (TPSA) is 157 Å². The molecule has 1 aromatic rings. The van der Waals surface area contributed by atoms with Crippen LogP contribution in [0.3, 0.4) is 0 Å². The van der Waals surface area contributed by atoms with Crippen LogP contribution < -0.4 is 11.5 Å². The van der Waals surface area contributed by atoms with Gasteiger partial charge in [0.05, 0.1) is 5.56 Å². The molecule has 1 rings (SSSR count). The van der Waals surface area contributed by atoms with Gasteiger partial charge < -0.3 is 21.7 Å². The maximum absolute atomic E-state index is 10.2. The number of pyridine rings is 1. The number of primary amides is 1. The monoisotopic (exact) mass is 269 g/mol. The minimum atomic E-state index is -1.11. The van der Waals surface area contributed by atoms with E-state index >= 15 is 0 Å². The number of carboxylic acid groups (broad SMARTS) is 2. The van der Waals surface area contributed by atoms with Crippen molar-refractivity contribution in [3.05, 3.63) is 30.1 Å². The summed E-state index contributed by atoms with van der Waals surface area (Å²) in [6, 6.07) is 2.10. The lowest BCUT2D eigenvalue weighted by atomic mass is 10.2. The quantitative estimate of drug-likeness (QED) is 0.558. The molecular formula is C11H15N3O5. The first-order chi connectivity index (χ1) is 8.84. The van der Waals surface area contributed by atoms with Crippen molar-refractivity contribution >= 4 is 17.8 Å². The second-order valence-electron chi connectivity index (χ2n) is 3.50. The molecule has 1 aromatic heterocycles. The number of carbonyl (C=O) groups is 3. The SMILES string of the molecule is NC(=O)CC[C@H](N)C(=O)O.O=C(O)c1cccnc1. The smallest absolute Gasteiger partial charge is 0.337 e. The predicted molar refractivity (Wildman–Crippen MR) is 65.2 cm³/mol. The number of aromatic nitrogens is 1. The number of rotatable bonds is 5. The van der Waals surface area contributed by atoms with Gasteiger partial charge in [-0.2, -0.15) is 0 Å². The molecule has 0 aliphatic rings. The molecule has 0 fully saturated rings. The van der Waals surface area contributed by atoms with Crippen LogP contribution in [0.15, 0.2) is 24.5 Å². The Morgan fingerprint density at radius 1 is 1.32 bits per heavy atom. The van der Waals surface area contributed by atoms with Crippen molar-refractivity contribution in [3.8, 4) is 0 Å². The fraction of sp³-hybridized carbons (Fsp3) is 0.273. The molecule has 0 spiro atoms. The number of amides is 1. The second-order valence-corrected chi connectivity index (χ2v) is 3.50. The molecule has 0 bridgehead atoms. The van der Waals surface area contributed by atoms with Crippen molar-refractivity contribution in [2.75, 3.05) is 0 Å². The maximum atomic E-state index is 10.2. The fourth-order valence-corrected chi connectivity index (χ4v) is 0.911. The van der Waals surface area contributed by atoms with E-state index in [9.17, 15) is 14.4 Å². The van der Waals surface area contributed by atoms with Crippen LogP contribution in [0.25, 0.3) is 0 Å². The third-order valence-corrected chi connectivity index (χ3v) is 1.93. The predicted octanol–water partition coefficient (Wildman–Crippen LogP) is -0.556. The highest BCUT2D eigenvalue weighted by molar-refractivity contribution is 5.86. The zero-order chi connectivity index (χ0) is 14.8. The van der Waals surface area contributed by atoms with Gasteiger partial charge in [0.1, 0.15) is 6.04 Å². The molecule has 8 heteroatoms. The molecule has 1 atom stereocenters. The van der Waals surface area contributed by atoms with Gasteiger partial charge >= 0.3 is 11.9 Å². The van der Waals surface area contributed by atoms with Crippen molar-refractivity contribution in [2.24, 2.45) is 11.5 Å². The maximum Gasteiger partial charge on any atom is 0.337 e. The fourth-order valence-electron chi connectivity index (χ4n) is 0.911. The molecule has 0 saturated heterocycles. The minimum Gasteiger partial charge on any atom is -0.480 e. The Balaban J connectivity index is 0.000000342. The van der Waals surface area contributed by atoms with Crippen LogP contribution in [-0.4, -0.2) is 39.1 Å². The summed E-state index contributed by atoms with van der Waals surface area (Å²) >= 11 is 0. The summed E-state index contributed by atoms with van der Waals surface area (Å²) in [5.74, 6) is -2.58. The third kappa shape index (κ3) is 8.27. The van der Waals surface area contributed by atoms with Crippen LogP contribution in [0.5, 0.6) is 0 Å². The van der Waals surface area contributed by atoms with E-state index in [1.807, 2.05) is 0 Å². The van der Waals surface area contributed by atoms with E-state index in [0.29, 0.717) is 0 Å². The lowest BCUT2D eigenvalue weighted by Gasteiger charge is -2.01. The molecule has 1 amide bonds. The second kappa shape index (κ2) is 8.59. The highest BCUT2D eigenvalue weighted by Crippen LogP contribution is 1.93. The minimum absolute atomic E-state index is 0.0213. The van der Waals surface area contributed by atoms with Gasteiger partial charge in [-0.05, 0) is 18.6 Å². The summed E-state index contributed by atoms with van der Waals surface area (Å²) < 4.78 is 0. The number of aromatic carboxylic acids is 1. The van der Waals surface area contributed by atoms with E-state index < -0.39 is 23.9 Å². The summed E-state index contributed by atoms with van der Waals surface area (Å²) in [6.45, 7) is 0. The number of hydrogen-bond donors (Lipinski definition) is 4. The Labute approximate surface area is 109 Å². The van der Waals surface area contributed by atoms with E-state index in [4.69, 9.17) is 21.7 Å². The molecule has 1 heterocycles. The van der Waals surface area contributed by atoms with Crippen molar-refractivity contribution in [2.45, 2.75) is 18.9 Å². The van der Waals surface area contributed by atoms with Gasteiger partial charge in [0.2, 0.25) is 5.91 Å². The van der Waals surface area contributed by atoms with Gasteiger partial charge in [-0.25, -0.2) is 4.79 Å². The highest BCUT2D eigenvalue weighted by Gasteiger charge is 2.11. The Hall–Kier alpha value is -2.48. The van der Waals surface area contributed by atoms with Gasteiger partial charge in [-0.15, -0.1) is 0 Å². The van der Waals surface area contributed by atoms with Crippen LogP contribution in [0.4, 0.5) is 0 Å². The zero-order valence-corrected chi connectivity index (χ0v) is 10.0. The summed E-state index contributed by atoms with van der Waals surface area (Å²) in [7, 11) is 0. The summed E-state index contributed by atoms with van der Waals surface area (Å²) in [6.07, 6.45) is 2.97. The molecule has 104 valence electrons. The standard InChI is InChI=1S/C6H5NO2.C5H10N2O3/c8-6(9)5-2-1-3-7-4-5;6-3(5(9)10)1-2-4(7)8/h1-4H,(H,8,9);3H,1-2,6H2,(H2,7,8)(H,9,10)/t;3-/m.0/s1. The zero-order valence-electron chi connectivity index (χ0n) is 10.0. The van der Waals surface area contributed by atoms with Crippen LogP contribution in [0.2, 0.25) is 0 Å². The average Bonchev–Trinajstić information content (AvgIpc) is 2.37. The summed E-state index contributed by atoms with van der Waals surface area (Å²) in [5, 5.41) is 16.6. The Morgan fingerprint density at radius 3 is 2.26 bits per heavy atom. The molecule has 0 aromatic carbocycles. The van der Waals surface area contributed by atoms with Crippen LogP contribution in [0.1, 0.15) is 23.2 Å². The van der Waals surface area contributed by atoms with E-state index in [1.165, 1.54) is 18.5 Å². The van der Waals surface area contributed by atoms with Gasteiger partial charge in [0.15, 0.2) is 0 Å². The molecule has 0 saturated carbocycles. The number of nitrogens with two attached hydrogens (primary N) is 2. The first-order valence-electron chi connectivity index (χ1n) is 5.24. The lowest BCUT2D eigenvalue weighted by Crippen LogP contribution is -2.31. The van der Waals surface area contributed by atoms with Gasteiger partial charge in [-0.3, -0.25) is 14.6 Å². The average molecular weight is 269 g/mol. The third-order valence-electron chi connectivity index (χ3n) is 1.93. The first-order valence-corrected chi connectivity index (χ1v) is 5.24. The number of carbonyl (C=O) groups excluding carboxylic acids is 1. The lowest BCUT2D eigenvalue weighted by molar-refractivity contribution is -0.138. The molecular weight excluding hydrogens is 254 g/mol. The molecule has 8 nitrogen and oxygen atoms in total. The van der Waals surface area contributed by atoms with Crippen LogP contribution in [-0.2, 0) is 9.59 Å². The van der Waals surface area contributed by atoms with Crippen molar-refractivity contribution in [3.63, 3.8) is 0 Å². The Bertz CT molecular complexity index is 435. The number of aliphatic carboxylic acids is 1. The first kappa shape index (κ1) is 16.5. The van der Waals surface area contributed by atoms with Gasteiger partial charge in [0.25, 0.3) is 0 Å². The Kier molecular flexibility index (Phi) is 7.47. The van der Waals surface area contributed by atoms with E-state index in [1.54, 1.807) is 6.07 Å². The molecule has 0 radical (unpaired) electrons. The molecule has 19 heavy (non-hydrogen) atoms. The van der Waals surface area contributed by atoms with Crippen molar-refractivity contribution in [1.82, 2.24) is 4.98 Å². The van der Waals surface area contributed by atoms with E-state index in [0.717, 1.165) is 0 Å².